The van der Waals surface area contributed by atoms with Crippen LogP contribution < -0.4 is 5.73 Å². The van der Waals surface area contributed by atoms with E-state index in [0.717, 1.165) is 11.0 Å². The highest BCUT2D eigenvalue weighted by atomic mass is 79.9. The summed E-state index contributed by atoms with van der Waals surface area (Å²) in [7, 11) is 0. The van der Waals surface area contributed by atoms with Crippen LogP contribution in [0.3, 0.4) is 0 Å². The minimum absolute atomic E-state index is 0.677. The van der Waals surface area contributed by atoms with Gasteiger partial charge in [0.05, 0.1) is 0 Å². The second kappa shape index (κ2) is 3.52. The topological polar surface area (TPSA) is 30.9 Å². The van der Waals surface area contributed by atoms with Crippen LogP contribution in [-0.2, 0) is 6.54 Å². The van der Waals surface area contributed by atoms with E-state index in [2.05, 4.69) is 44.9 Å². The molecule has 0 fully saturated rings. The van der Waals surface area contributed by atoms with E-state index in [9.17, 15) is 0 Å². The lowest BCUT2D eigenvalue weighted by Gasteiger charge is -2.02. The molecule has 0 radical (unpaired) electrons. The van der Waals surface area contributed by atoms with Gasteiger partial charge >= 0.3 is 0 Å². The molecule has 2 nitrogen and oxygen atoms in total. The van der Waals surface area contributed by atoms with Crippen molar-refractivity contribution in [1.29, 1.82) is 0 Å². The highest BCUT2D eigenvalue weighted by molar-refractivity contribution is 9.10. The molecule has 2 aromatic rings. The molecular weight excluding hydrogens is 228 g/mol. The Labute approximate surface area is 85.5 Å². The Morgan fingerprint density at radius 2 is 2.15 bits per heavy atom. The zero-order chi connectivity index (χ0) is 9.26. The van der Waals surface area contributed by atoms with Gasteiger partial charge in [-0.05, 0) is 18.2 Å². The van der Waals surface area contributed by atoms with Crippen molar-refractivity contribution in [2.45, 2.75) is 6.54 Å². The van der Waals surface area contributed by atoms with E-state index in [1.165, 1.54) is 10.9 Å². The summed E-state index contributed by atoms with van der Waals surface area (Å²) in [5.41, 5.74) is 6.75. The van der Waals surface area contributed by atoms with Gasteiger partial charge in [0, 0.05) is 34.7 Å². The van der Waals surface area contributed by atoms with Crippen LogP contribution in [0.25, 0.3) is 10.9 Å². The fourth-order valence-corrected chi connectivity index (χ4v) is 2.01. The highest BCUT2D eigenvalue weighted by Crippen LogP contribution is 2.24. The smallest absolute Gasteiger partial charge is 0.0492 e. The van der Waals surface area contributed by atoms with Gasteiger partial charge in [0.15, 0.2) is 0 Å². The Balaban J connectivity index is 2.61. The maximum atomic E-state index is 5.52. The van der Waals surface area contributed by atoms with Crippen LogP contribution in [0.5, 0.6) is 0 Å². The van der Waals surface area contributed by atoms with E-state index in [1.54, 1.807) is 0 Å². The van der Waals surface area contributed by atoms with Gasteiger partial charge in [0.25, 0.3) is 0 Å². The lowest BCUT2D eigenvalue weighted by Crippen LogP contribution is -2.08. The molecule has 1 aromatic heterocycles. The summed E-state index contributed by atoms with van der Waals surface area (Å²) in [5.74, 6) is 0. The molecule has 2 N–H and O–H groups in total. The van der Waals surface area contributed by atoms with Crippen molar-refractivity contribution in [3.63, 3.8) is 0 Å². The van der Waals surface area contributed by atoms with Crippen LogP contribution in [0, 0.1) is 0 Å². The third kappa shape index (κ3) is 1.49. The Morgan fingerprint density at radius 1 is 1.31 bits per heavy atom. The standard InChI is InChI=1S/C10H11BrN2/c11-9-2-1-3-10-8(9)4-6-13(10)7-5-12/h1-4,6H,5,7,12H2. The average Bonchev–Trinajstić information content (AvgIpc) is 2.51. The van der Waals surface area contributed by atoms with E-state index in [0.29, 0.717) is 6.54 Å². The molecule has 0 saturated heterocycles. The SMILES string of the molecule is NCCn1ccc2c(Br)cccc21. The molecule has 1 aromatic carbocycles. The lowest BCUT2D eigenvalue weighted by atomic mass is 10.2. The fourth-order valence-electron chi connectivity index (χ4n) is 1.52. The maximum Gasteiger partial charge on any atom is 0.0492 e. The van der Waals surface area contributed by atoms with Crippen molar-refractivity contribution in [2.24, 2.45) is 5.73 Å². The van der Waals surface area contributed by atoms with Crippen LogP contribution in [-0.4, -0.2) is 11.1 Å². The molecule has 0 spiro atoms. The van der Waals surface area contributed by atoms with Crippen molar-refractivity contribution < 1.29 is 0 Å². The molecule has 3 heteroatoms. The second-order valence-electron chi connectivity index (χ2n) is 2.97. The van der Waals surface area contributed by atoms with Gasteiger partial charge < -0.3 is 10.3 Å². The molecule has 0 bridgehead atoms. The molecule has 0 atom stereocenters. The summed E-state index contributed by atoms with van der Waals surface area (Å²) < 4.78 is 3.31. The first-order chi connectivity index (χ1) is 6.33. The predicted octanol–water partition coefficient (Wildman–Crippen LogP) is 2.36. The van der Waals surface area contributed by atoms with Gasteiger partial charge in [-0.3, -0.25) is 0 Å². The predicted molar refractivity (Wildman–Crippen MR) is 58.7 cm³/mol. The van der Waals surface area contributed by atoms with Gasteiger partial charge in [0.2, 0.25) is 0 Å². The Morgan fingerprint density at radius 3 is 2.92 bits per heavy atom. The first-order valence-electron chi connectivity index (χ1n) is 4.26. The molecule has 0 amide bonds. The second-order valence-corrected chi connectivity index (χ2v) is 3.82. The Hall–Kier alpha value is -0.800. The summed E-state index contributed by atoms with van der Waals surface area (Å²) in [5, 5.41) is 1.25. The molecular formula is C10H11BrN2. The summed E-state index contributed by atoms with van der Waals surface area (Å²) >= 11 is 3.52. The number of nitrogens with zero attached hydrogens (tertiary/aromatic N) is 1. The number of rotatable bonds is 2. The maximum absolute atomic E-state index is 5.52. The number of fused-ring (bicyclic) bond motifs is 1. The normalized spacial score (nSPS) is 10.9. The summed E-state index contributed by atoms with van der Waals surface area (Å²) in [6, 6.07) is 8.30. The minimum atomic E-state index is 0.677. The number of hydrogen-bond acceptors (Lipinski definition) is 1. The van der Waals surface area contributed by atoms with E-state index in [4.69, 9.17) is 5.73 Å². The average molecular weight is 239 g/mol. The summed E-state index contributed by atoms with van der Waals surface area (Å²) in [4.78, 5) is 0. The largest absolute Gasteiger partial charge is 0.346 e. The molecule has 0 aliphatic carbocycles. The Kier molecular flexibility index (Phi) is 2.38. The molecule has 2 rings (SSSR count). The van der Waals surface area contributed by atoms with E-state index < -0.39 is 0 Å². The lowest BCUT2D eigenvalue weighted by molar-refractivity contribution is 0.735. The first-order valence-corrected chi connectivity index (χ1v) is 5.05. The summed E-state index contributed by atoms with van der Waals surface area (Å²) in [6.45, 7) is 1.55. The molecule has 0 unspecified atom stereocenters. The molecule has 0 aliphatic heterocycles. The molecule has 1 heterocycles. The monoisotopic (exact) mass is 238 g/mol. The molecule has 68 valence electrons. The zero-order valence-corrected chi connectivity index (χ0v) is 8.79. The fraction of sp³-hybridized carbons (Fsp3) is 0.200. The van der Waals surface area contributed by atoms with Crippen LogP contribution >= 0.6 is 15.9 Å². The van der Waals surface area contributed by atoms with Gasteiger partial charge in [-0.25, -0.2) is 0 Å². The third-order valence-corrected chi connectivity index (χ3v) is 2.82. The van der Waals surface area contributed by atoms with Crippen LogP contribution in [0.4, 0.5) is 0 Å². The van der Waals surface area contributed by atoms with Gasteiger partial charge in [0.1, 0.15) is 0 Å². The van der Waals surface area contributed by atoms with Crippen molar-refractivity contribution in [1.82, 2.24) is 4.57 Å². The van der Waals surface area contributed by atoms with Gasteiger partial charge in [-0.1, -0.05) is 22.0 Å². The van der Waals surface area contributed by atoms with Crippen molar-refractivity contribution >= 4 is 26.8 Å². The van der Waals surface area contributed by atoms with Gasteiger partial charge in [-0.2, -0.15) is 0 Å². The van der Waals surface area contributed by atoms with E-state index in [-0.39, 0.29) is 0 Å². The van der Waals surface area contributed by atoms with E-state index >= 15 is 0 Å². The summed E-state index contributed by atoms with van der Waals surface area (Å²) in [6.07, 6.45) is 2.07. The quantitative estimate of drug-likeness (QED) is 0.856. The number of benzene rings is 1. The number of hydrogen-bond donors (Lipinski definition) is 1. The number of nitrogens with two attached hydrogens (primary N) is 1. The van der Waals surface area contributed by atoms with Crippen LogP contribution in [0.15, 0.2) is 34.9 Å². The number of aromatic nitrogens is 1. The number of halogens is 1. The van der Waals surface area contributed by atoms with Crippen LogP contribution in [0.2, 0.25) is 0 Å². The van der Waals surface area contributed by atoms with Crippen molar-refractivity contribution in [3.05, 3.63) is 34.9 Å². The third-order valence-electron chi connectivity index (χ3n) is 2.13. The Bertz CT molecular complexity index is 420. The first kappa shape index (κ1) is 8.78. The minimum Gasteiger partial charge on any atom is -0.346 e. The van der Waals surface area contributed by atoms with Crippen molar-refractivity contribution in [2.75, 3.05) is 6.54 Å². The molecule has 0 aliphatic rings. The van der Waals surface area contributed by atoms with Crippen LogP contribution in [0.1, 0.15) is 0 Å². The van der Waals surface area contributed by atoms with Crippen molar-refractivity contribution in [3.8, 4) is 0 Å². The molecule has 0 saturated carbocycles. The zero-order valence-electron chi connectivity index (χ0n) is 7.20. The van der Waals surface area contributed by atoms with E-state index in [1.807, 2.05) is 6.07 Å². The molecule has 13 heavy (non-hydrogen) atoms. The van der Waals surface area contributed by atoms with Gasteiger partial charge in [-0.15, -0.1) is 0 Å². The highest BCUT2D eigenvalue weighted by Gasteiger charge is 2.01.